The van der Waals surface area contributed by atoms with E-state index in [9.17, 15) is 0 Å². The fraction of sp³-hybridized carbons (Fsp3) is 1.00. The lowest BCUT2D eigenvalue weighted by Crippen LogP contribution is -2.22. The molecule has 0 saturated carbocycles. The highest BCUT2D eigenvalue weighted by molar-refractivity contribution is 6.30. The Hall–Kier alpha value is 0.580. The lowest BCUT2D eigenvalue weighted by molar-refractivity contribution is 0.471. The molecule has 0 saturated heterocycles. The van der Waals surface area contributed by atoms with E-state index in [1.165, 1.54) is 12.8 Å². The first-order chi connectivity index (χ1) is 5.63. The number of alkyl halides is 2. The van der Waals surface area contributed by atoms with Crippen LogP contribution in [0.1, 0.15) is 46.5 Å². The third-order valence-corrected chi connectivity index (χ3v) is 3.55. The first-order valence-electron chi connectivity index (χ1n) is 4.91. The van der Waals surface area contributed by atoms with Crippen LogP contribution in [0.15, 0.2) is 0 Å². The molecule has 0 rings (SSSR count). The van der Waals surface area contributed by atoms with E-state index in [2.05, 4.69) is 20.8 Å². The summed E-state index contributed by atoms with van der Waals surface area (Å²) in [6.07, 6.45) is 4.53. The van der Waals surface area contributed by atoms with Crippen LogP contribution in [-0.2, 0) is 0 Å². The molecule has 0 fully saturated rings. The monoisotopic (exact) mass is 210 g/mol. The van der Waals surface area contributed by atoms with Gasteiger partial charge in [-0.25, -0.2) is 0 Å². The number of halogens is 2. The van der Waals surface area contributed by atoms with Crippen LogP contribution in [-0.4, -0.2) is 10.8 Å². The van der Waals surface area contributed by atoms with Crippen molar-refractivity contribution >= 4 is 23.2 Å². The molecule has 12 heavy (non-hydrogen) atoms. The van der Waals surface area contributed by atoms with Crippen molar-refractivity contribution in [1.82, 2.24) is 0 Å². The second kappa shape index (κ2) is 7.03. The smallest absolute Gasteiger partial charge is 0.0525 e. The van der Waals surface area contributed by atoms with Crippen LogP contribution in [0.25, 0.3) is 0 Å². The molecule has 3 atom stereocenters. The molecule has 0 heterocycles. The molecule has 0 bridgehead atoms. The van der Waals surface area contributed by atoms with Crippen molar-refractivity contribution in [3.05, 3.63) is 0 Å². The molecule has 0 amide bonds. The Morgan fingerprint density at radius 3 is 1.92 bits per heavy atom. The van der Waals surface area contributed by atoms with Crippen LogP contribution in [0.5, 0.6) is 0 Å². The molecule has 0 aromatic rings. The zero-order valence-electron chi connectivity index (χ0n) is 8.32. The van der Waals surface area contributed by atoms with E-state index in [0.29, 0.717) is 5.92 Å². The first-order valence-corrected chi connectivity index (χ1v) is 5.78. The molecule has 74 valence electrons. The summed E-state index contributed by atoms with van der Waals surface area (Å²) in [4.78, 5) is 0. The predicted molar refractivity (Wildman–Crippen MR) is 58.3 cm³/mol. The summed E-state index contributed by atoms with van der Waals surface area (Å²) < 4.78 is 0. The van der Waals surface area contributed by atoms with Gasteiger partial charge < -0.3 is 0 Å². The normalized spacial score (nSPS) is 18.8. The van der Waals surface area contributed by atoms with Crippen molar-refractivity contribution in [2.75, 3.05) is 0 Å². The maximum Gasteiger partial charge on any atom is 0.0525 e. The number of rotatable bonds is 6. The van der Waals surface area contributed by atoms with Gasteiger partial charge in [-0.05, 0) is 18.8 Å². The second-order valence-corrected chi connectivity index (χ2v) is 4.58. The maximum absolute atomic E-state index is 6.21. The average Bonchev–Trinajstić information content (AvgIpc) is 2.04. The van der Waals surface area contributed by atoms with Gasteiger partial charge in [-0.15, -0.1) is 23.2 Å². The molecule has 0 spiro atoms. The van der Waals surface area contributed by atoms with Crippen molar-refractivity contribution in [2.45, 2.75) is 57.2 Å². The van der Waals surface area contributed by atoms with Gasteiger partial charge in [-0.1, -0.05) is 33.6 Å². The Morgan fingerprint density at radius 1 is 1.00 bits per heavy atom. The Labute approximate surface area is 86.6 Å². The fourth-order valence-electron chi connectivity index (χ4n) is 1.41. The van der Waals surface area contributed by atoms with Gasteiger partial charge in [0.25, 0.3) is 0 Å². The van der Waals surface area contributed by atoms with E-state index in [1.54, 1.807) is 0 Å². The Bertz CT molecular complexity index is 92.0. The molecule has 3 unspecified atom stereocenters. The zero-order valence-corrected chi connectivity index (χ0v) is 9.83. The Kier molecular flexibility index (Phi) is 7.37. The lowest BCUT2D eigenvalue weighted by Gasteiger charge is -2.21. The van der Waals surface area contributed by atoms with E-state index < -0.39 is 0 Å². The van der Waals surface area contributed by atoms with Crippen LogP contribution in [0.2, 0.25) is 0 Å². The standard InChI is InChI=1S/C10H20Cl2/c1-4-6-8(3)10(12)9(11)7-5-2/h8-10H,4-7H2,1-3H3. The van der Waals surface area contributed by atoms with Gasteiger partial charge in [0.05, 0.1) is 10.8 Å². The van der Waals surface area contributed by atoms with Crippen LogP contribution < -0.4 is 0 Å². The molecule has 0 aromatic heterocycles. The molecular formula is C10H20Cl2. The van der Waals surface area contributed by atoms with Gasteiger partial charge in [-0.2, -0.15) is 0 Å². The molecule has 0 aliphatic rings. The molecule has 0 radical (unpaired) electrons. The van der Waals surface area contributed by atoms with Crippen molar-refractivity contribution in [1.29, 1.82) is 0 Å². The summed E-state index contributed by atoms with van der Waals surface area (Å²) in [6, 6.07) is 0. The number of hydrogen-bond donors (Lipinski definition) is 0. The van der Waals surface area contributed by atoms with Gasteiger partial charge in [0.15, 0.2) is 0 Å². The summed E-state index contributed by atoms with van der Waals surface area (Å²) in [7, 11) is 0. The van der Waals surface area contributed by atoms with Crippen molar-refractivity contribution in [3.8, 4) is 0 Å². The molecule has 0 aliphatic carbocycles. The summed E-state index contributed by atoms with van der Waals surface area (Å²) in [6.45, 7) is 6.51. The highest BCUT2D eigenvalue weighted by atomic mass is 35.5. The minimum atomic E-state index is 0.145. The molecule has 0 aliphatic heterocycles. The van der Waals surface area contributed by atoms with Gasteiger partial charge >= 0.3 is 0 Å². The van der Waals surface area contributed by atoms with Crippen LogP contribution >= 0.6 is 23.2 Å². The SMILES string of the molecule is CCCC(C)C(Cl)C(Cl)CCC. The quantitative estimate of drug-likeness (QED) is 0.570. The topological polar surface area (TPSA) is 0 Å². The highest BCUT2D eigenvalue weighted by Gasteiger charge is 2.21. The third kappa shape index (κ3) is 4.57. The summed E-state index contributed by atoms with van der Waals surface area (Å²) in [5.41, 5.74) is 0. The van der Waals surface area contributed by atoms with Crippen molar-refractivity contribution in [3.63, 3.8) is 0 Å². The molecule has 0 N–H and O–H groups in total. The summed E-state index contributed by atoms with van der Waals surface area (Å²) in [5.74, 6) is 0.547. The van der Waals surface area contributed by atoms with E-state index in [-0.39, 0.29) is 10.8 Å². The maximum atomic E-state index is 6.21. The Morgan fingerprint density at radius 2 is 1.50 bits per heavy atom. The minimum Gasteiger partial charge on any atom is -0.121 e. The van der Waals surface area contributed by atoms with E-state index in [0.717, 1.165) is 12.8 Å². The lowest BCUT2D eigenvalue weighted by atomic mass is 9.98. The summed E-state index contributed by atoms with van der Waals surface area (Å²) in [5, 5.41) is 0.296. The van der Waals surface area contributed by atoms with Gasteiger partial charge in [-0.3, -0.25) is 0 Å². The van der Waals surface area contributed by atoms with E-state index in [4.69, 9.17) is 23.2 Å². The predicted octanol–water partition coefficient (Wildman–Crippen LogP) is 4.44. The Balaban J connectivity index is 3.73. The first kappa shape index (κ1) is 12.6. The van der Waals surface area contributed by atoms with Crippen molar-refractivity contribution in [2.24, 2.45) is 5.92 Å². The molecule has 2 heteroatoms. The van der Waals surface area contributed by atoms with E-state index >= 15 is 0 Å². The third-order valence-electron chi connectivity index (χ3n) is 2.20. The van der Waals surface area contributed by atoms with Crippen molar-refractivity contribution < 1.29 is 0 Å². The molecule has 0 aromatic carbocycles. The van der Waals surface area contributed by atoms with Crippen LogP contribution in [0.3, 0.4) is 0 Å². The largest absolute Gasteiger partial charge is 0.121 e. The number of hydrogen-bond acceptors (Lipinski definition) is 0. The second-order valence-electron chi connectivity index (χ2n) is 3.52. The van der Waals surface area contributed by atoms with E-state index in [1.807, 2.05) is 0 Å². The van der Waals surface area contributed by atoms with Gasteiger partial charge in [0.1, 0.15) is 0 Å². The zero-order chi connectivity index (χ0) is 9.56. The fourth-order valence-corrected chi connectivity index (χ4v) is 2.12. The van der Waals surface area contributed by atoms with Crippen LogP contribution in [0.4, 0.5) is 0 Å². The molecule has 0 nitrogen and oxygen atoms in total. The van der Waals surface area contributed by atoms with Crippen LogP contribution in [0, 0.1) is 5.92 Å². The summed E-state index contributed by atoms with van der Waals surface area (Å²) >= 11 is 12.3. The minimum absolute atomic E-state index is 0.145. The highest BCUT2D eigenvalue weighted by Crippen LogP contribution is 2.25. The molecular weight excluding hydrogens is 191 g/mol. The van der Waals surface area contributed by atoms with Gasteiger partial charge in [0.2, 0.25) is 0 Å². The average molecular weight is 211 g/mol. The van der Waals surface area contributed by atoms with Gasteiger partial charge in [0, 0.05) is 0 Å².